The quantitative estimate of drug-likeness (QED) is 0.589. The van der Waals surface area contributed by atoms with Crippen molar-refractivity contribution < 1.29 is 4.74 Å². The molecule has 0 heterocycles. The molecule has 20 heavy (non-hydrogen) atoms. The Morgan fingerprint density at radius 1 is 0.950 bits per heavy atom. The van der Waals surface area contributed by atoms with Crippen LogP contribution < -0.4 is 4.74 Å². The first-order valence-electron chi connectivity index (χ1n) is 6.24. The van der Waals surface area contributed by atoms with Gasteiger partial charge in [-0.3, -0.25) is 0 Å². The average molecular weight is 374 g/mol. The lowest BCUT2D eigenvalue weighted by Gasteiger charge is -2.14. The SMILES string of the molecule is Cc1cc(CBr)cc(C)c1OCc1ccc(Cl)c(Cl)c1. The van der Waals surface area contributed by atoms with Crippen molar-refractivity contribution in [3.63, 3.8) is 0 Å². The maximum atomic E-state index is 6.00. The smallest absolute Gasteiger partial charge is 0.125 e. The van der Waals surface area contributed by atoms with E-state index < -0.39 is 0 Å². The molecule has 0 saturated heterocycles. The van der Waals surface area contributed by atoms with Gasteiger partial charge < -0.3 is 4.74 Å². The molecule has 0 bridgehead atoms. The summed E-state index contributed by atoms with van der Waals surface area (Å²) < 4.78 is 5.93. The lowest BCUT2D eigenvalue weighted by atomic mass is 10.1. The van der Waals surface area contributed by atoms with E-state index in [0.29, 0.717) is 16.7 Å². The highest BCUT2D eigenvalue weighted by molar-refractivity contribution is 9.08. The van der Waals surface area contributed by atoms with Gasteiger partial charge in [0.15, 0.2) is 0 Å². The number of benzene rings is 2. The lowest BCUT2D eigenvalue weighted by molar-refractivity contribution is 0.302. The molecule has 0 aromatic heterocycles. The fraction of sp³-hybridized carbons (Fsp3) is 0.250. The Labute approximate surface area is 138 Å². The standard InChI is InChI=1S/C16H15BrCl2O/c1-10-5-13(8-17)6-11(2)16(10)20-9-12-3-4-14(18)15(19)7-12/h3-7H,8-9H2,1-2H3. The molecule has 1 nitrogen and oxygen atoms in total. The van der Waals surface area contributed by atoms with Crippen LogP contribution in [0.4, 0.5) is 0 Å². The van der Waals surface area contributed by atoms with Crippen molar-refractivity contribution in [2.45, 2.75) is 25.8 Å². The number of ether oxygens (including phenoxy) is 1. The molecule has 4 heteroatoms. The summed E-state index contributed by atoms with van der Waals surface area (Å²) in [5, 5.41) is 1.96. The second-order valence-electron chi connectivity index (χ2n) is 4.73. The van der Waals surface area contributed by atoms with Gasteiger partial charge in [-0.25, -0.2) is 0 Å². The topological polar surface area (TPSA) is 9.23 Å². The van der Waals surface area contributed by atoms with Gasteiger partial charge in [0.05, 0.1) is 10.0 Å². The fourth-order valence-corrected chi connectivity index (χ4v) is 2.77. The molecule has 2 aromatic carbocycles. The Morgan fingerprint density at radius 3 is 2.15 bits per heavy atom. The fourth-order valence-electron chi connectivity index (χ4n) is 2.13. The Bertz CT molecular complexity index is 603. The number of alkyl halides is 1. The highest BCUT2D eigenvalue weighted by Crippen LogP contribution is 2.28. The monoisotopic (exact) mass is 372 g/mol. The van der Waals surface area contributed by atoms with Crippen LogP contribution in [0.1, 0.15) is 22.3 Å². The molecule has 0 spiro atoms. The third-order valence-corrected chi connectivity index (χ3v) is 4.43. The third-order valence-electron chi connectivity index (χ3n) is 3.04. The maximum absolute atomic E-state index is 6.00. The molecule has 0 aliphatic carbocycles. The molecule has 0 fully saturated rings. The molecule has 2 rings (SSSR count). The van der Waals surface area contributed by atoms with Crippen LogP contribution in [0, 0.1) is 13.8 Å². The molecule has 0 saturated carbocycles. The van der Waals surface area contributed by atoms with Crippen LogP contribution in [0.2, 0.25) is 10.0 Å². The van der Waals surface area contributed by atoms with Gasteiger partial charge >= 0.3 is 0 Å². The summed E-state index contributed by atoms with van der Waals surface area (Å²) >= 11 is 15.4. The number of hydrogen-bond donors (Lipinski definition) is 0. The highest BCUT2D eigenvalue weighted by atomic mass is 79.9. The molecule has 0 aliphatic heterocycles. The van der Waals surface area contributed by atoms with Gasteiger partial charge in [0, 0.05) is 5.33 Å². The summed E-state index contributed by atoms with van der Waals surface area (Å²) in [6.07, 6.45) is 0. The van der Waals surface area contributed by atoms with Crippen LogP contribution >= 0.6 is 39.1 Å². The van der Waals surface area contributed by atoms with Crippen LogP contribution in [0.15, 0.2) is 30.3 Å². The number of aryl methyl sites for hydroxylation is 2. The molecule has 0 radical (unpaired) electrons. The van der Waals surface area contributed by atoms with Crippen LogP contribution in [-0.4, -0.2) is 0 Å². The molecule has 0 N–H and O–H groups in total. The van der Waals surface area contributed by atoms with E-state index >= 15 is 0 Å². The predicted molar refractivity (Wildman–Crippen MR) is 89.3 cm³/mol. The van der Waals surface area contributed by atoms with E-state index in [1.54, 1.807) is 6.07 Å². The molecule has 106 valence electrons. The van der Waals surface area contributed by atoms with Gasteiger partial charge in [0.25, 0.3) is 0 Å². The van der Waals surface area contributed by atoms with Crippen LogP contribution in [0.5, 0.6) is 5.75 Å². The van der Waals surface area contributed by atoms with E-state index in [0.717, 1.165) is 27.8 Å². The number of halogens is 3. The van der Waals surface area contributed by atoms with Crippen molar-refractivity contribution in [1.82, 2.24) is 0 Å². The van der Waals surface area contributed by atoms with Gasteiger partial charge in [0.1, 0.15) is 12.4 Å². The van der Waals surface area contributed by atoms with Crippen molar-refractivity contribution in [3.05, 3.63) is 62.6 Å². The zero-order valence-electron chi connectivity index (χ0n) is 11.3. The first kappa shape index (κ1) is 15.7. The summed E-state index contributed by atoms with van der Waals surface area (Å²) in [5.41, 5.74) is 4.53. The maximum Gasteiger partial charge on any atom is 0.125 e. The zero-order valence-corrected chi connectivity index (χ0v) is 14.4. The van der Waals surface area contributed by atoms with E-state index in [4.69, 9.17) is 27.9 Å². The van der Waals surface area contributed by atoms with E-state index in [1.165, 1.54) is 5.56 Å². The van der Waals surface area contributed by atoms with Gasteiger partial charge in [-0.15, -0.1) is 0 Å². The minimum atomic E-state index is 0.478. The van der Waals surface area contributed by atoms with Gasteiger partial charge in [-0.1, -0.05) is 57.3 Å². The van der Waals surface area contributed by atoms with Crippen molar-refractivity contribution in [2.24, 2.45) is 0 Å². The van der Waals surface area contributed by atoms with Crippen LogP contribution in [0.25, 0.3) is 0 Å². The lowest BCUT2D eigenvalue weighted by Crippen LogP contribution is -2.00. The second-order valence-corrected chi connectivity index (χ2v) is 6.10. The molecule has 2 aromatic rings. The van der Waals surface area contributed by atoms with Crippen molar-refractivity contribution in [3.8, 4) is 5.75 Å². The minimum absolute atomic E-state index is 0.478. The average Bonchev–Trinajstić information content (AvgIpc) is 2.41. The molecule has 0 atom stereocenters. The van der Waals surface area contributed by atoms with Crippen LogP contribution in [0.3, 0.4) is 0 Å². The minimum Gasteiger partial charge on any atom is -0.488 e. The Balaban J connectivity index is 2.16. The summed E-state index contributed by atoms with van der Waals surface area (Å²) in [7, 11) is 0. The largest absolute Gasteiger partial charge is 0.488 e. The summed E-state index contributed by atoms with van der Waals surface area (Å²) in [4.78, 5) is 0. The van der Waals surface area contributed by atoms with Gasteiger partial charge in [-0.2, -0.15) is 0 Å². The Hall–Kier alpha value is -0.700. The van der Waals surface area contributed by atoms with Crippen molar-refractivity contribution >= 4 is 39.1 Å². The summed E-state index contributed by atoms with van der Waals surface area (Å²) in [5.74, 6) is 0.931. The van der Waals surface area contributed by atoms with Crippen LogP contribution in [-0.2, 0) is 11.9 Å². The number of hydrogen-bond acceptors (Lipinski definition) is 1. The number of rotatable bonds is 4. The normalized spacial score (nSPS) is 10.7. The van der Waals surface area contributed by atoms with Gasteiger partial charge in [-0.05, 0) is 48.2 Å². The first-order chi connectivity index (χ1) is 9.51. The summed E-state index contributed by atoms with van der Waals surface area (Å²) in [6.45, 7) is 4.60. The van der Waals surface area contributed by atoms with Crippen molar-refractivity contribution in [1.29, 1.82) is 0 Å². The molecular formula is C16H15BrCl2O. The first-order valence-corrected chi connectivity index (χ1v) is 8.12. The Morgan fingerprint density at radius 2 is 1.60 bits per heavy atom. The van der Waals surface area contributed by atoms with E-state index in [-0.39, 0.29) is 0 Å². The molecule has 0 amide bonds. The summed E-state index contributed by atoms with van der Waals surface area (Å²) in [6, 6.07) is 9.81. The second kappa shape index (κ2) is 6.84. The van der Waals surface area contributed by atoms with E-state index in [1.807, 2.05) is 12.1 Å². The van der Waals surface area contributed by atoms with E-state index in [2.05, 4.69) is 41.9 Å². The predicted octanol–water partition coefficient (Wildman–Crippen LogP) is 6.08. The highest BCUT2D eigenvalue weighted by Gasteiger charge is 2.07. The van der Waals surface area contributed by atoms with E-state index in [9.17, 15) is 0 Å². The third kappa shape index (κ3) is 3.69. The molecular weight excluding hydrogens is 359 g/mol. The molecule has 0 unspecified atom stereocenters. The molecule has 0 aliphatic rings. The van der Waals surface area contributed by atoms with Crippen molar-refractivity contribution in [2.75, 3.05) is 0 Å². The Kier molecular flexibility index (Phi) is 5.36. The zero-order chi connectivity index (χ0) is 14.7. The van der Waals surface area contributed by atoms with Gasteiger partial charge in [0.2, 0.25) is 0 Å².